The van der Waals surface area contributed by atoms with Gasteiger partial charge in [0.25, 0.3) is 0 Å². The number of amides is 1. The molecule has 1 aromatic rings. The van der Waals surface area contributed by atoms with Crippen molar-refractivity contribution in [2.75, 3.05) is 31.1 Å². The lowest BCUT2D eigenvalue weighted by atomic mass is 9.90. The summed E-state index contributed by atoms with van der Waals surface area (Å²) in [6.07, 6.45) is 8.61. The molecule has 7 heteroatoms. The molecule has 130 valence electrons. The molecule has 1 aromatic heterocycles. The minimum atomic E-state index is -0.740. The number of carbonyl (C=O) groups excluding carboxylic acids is 1. The lowest BCUT2D eigenvalue weighted by Crippen LogP contribution is -2.45. The molecule has 3 heterocycles. The summed E-state index contributed by atoms with van der Waals surface area (Å²) in [7, 11) is 0. The Morgan fingerprint density at radius 2 is 1.79 bits per heavy atom. The first kappa shape index (κ1) is 16.7. The number of carboxylic acid groups (broad SMARTS) is 1. The summed E-state index contributed by atoms with van der Waals surface area (Å²) in [4.78, 5) is 36.0. The first-order valence-corrected chi connectivity index (χ1v) is 8.65. The van der Waals surface area contributed by atoms with Crippen LogP contribution in [0.25, 0.3) is 0 Å². The SMILES string of the molecule is O=C(O)CC1CCN(C(=O)C2CCN(c3cnccn3)CC2)CC1. The van der Waals surface area contributed by atoms with E-state index in [4.69, 9.17) is 5.11 Å². The van der Waals surface area contributed by atoms with Crippen LogP contribution in [0.4, 0.5) is 5.82 Å². The predicted octanol–water partition coefficient (Wildman–Crippen LogP) is 1.41. The molecule has 0 aromatic carbocycles. The smallest absolute Gasteiger partial charge is 0.303 e. The molecule has 0 aliphatic carbocycles. The molecule has 0 spiro atoms. The fourth-order valence-electron chi connectivity index (χ4n) is 3.67. The van der Waals surface area contributed by atoms with Crippen LogP contribution >= 0.6 is 0 Å². The number of rotatable bonds is 4. The third-order valence-corrected chi connectivity index (χ3v) is 5.11. The molecule has 2 fully saturated rings. The van der Waals surface area contributed by atoms with Gasteiger partial charge >= 0.3 is 5.97 Å². The Bertz CT molecular complexity index is 564. The molecule has 0 bridgehead atoms. The Hall–Kier alpha value is -2.18. The maximum Gasteiger partial charge on any atom is 0.303 e. The lowest BCUT2D eigenvalue weighted by Gasteiger charge is -2.37. The van der Waals surface area contributed by atoms with Crippen molar-refractivity contribution in [2.24, 2.45) is 11.8 Å². The topological polar surface area (TPSA) is 86.6 Å². The summed E-state index contributed by atoms with van der Waals surface area (Å²) in [5.41, 5.74) is 0. The highest BCUT2D eigenvalue weighted by Gasteiger charge is 2.31. The number of aliphatic carboxylic acids is 1. The van der Waals surface area contributed by atoms with Crippen LogP contribution in [0.15, 0.2) is 18.6 Å². The van der Waals surface area contributed by atoms with E-state index in [9.17, 15) is 9.59 Å². The van der Waals surface area contributed by atoms with E-state index in [1.54, 1.807) is 18.6 Å². The van der Waals surface area contributed by atoms with Gasteiger partial charge in [-0.3, -0.25) is 14.6 Å². The van der Waals surface area contributed by atoms with Crippen LogP contribution in [0.1, 0.15) is 32.1 Å². The molecule has 1 N–H and O–H groups in total. The number of carboxylic acids is 1. The van der Waals surface area contributed by atoms with E-state index in [2.05, 4.69) is 14.9 Å². The second-order valence-corrected chi connectivity index (χ2v) is 6.69. The monoisotopic (exact) mass is 332 g/mol. The summed E-state index contributed by atoms with van der Waals surface area (Å²) in [5, 5.41) is 8.87. The predicted molar refractivity (Wildman–Crippen MR) is 88.5 cm³/mol. The number of anilines is 1. The Morgan fingerprint density at radius 3 is 2.38 bits per heavy atom. The number of piperidine rings is 2. The van der Waals surface area contributed by atoms with Crippen LogP contribution in [0.2, 0.25) is 0 Å². The average molecular weight is 332 g/mol. The molecule has 0 atom stereocenters. The summed E-state index contributed by atoms with van der Waals surface area (Å²) < 4.78 is 0. The van der Waals surface area contributed by atoms with E-state index in [0.29, 0.717) is 13.1 Å². The molecule has 2 aliphatic heterocycles. The fourth-order valence-corrected chi connectivity index (χ4v) is 3.67. The molecule has 2 aliphatic rings. The largest absolute Gasteiger partial charge is 0.481 e. The number of aromatic nitrogens is 2. The van der Waals surface area contributed by atoms with Gasteiger partial charge < -0.3 is 14.9 Å². The molecule has 0 saturated carbocycles. The molecule has 7 nitrogen and oxygen atoms in total. The third kappa shape index (κ3) is 4.01. The van der Waals surface area contributed by atoms with Crippen molar-refractivity contribution in [1.82, 2.24) is 14.9 Å². The Labute approximate surface area is 141 Å². The van der Waals surface area contributed by atoms with Crippen molar-refractivity contribution in [1.29, 1.82) is 0 Å². The number of hydrogen-bond acceptors (Lipinski definition) is 5. The van der Waals surface area contributed by atoms with Gasteiger partial charge in [0.05, 0.1) is 6.20 Å². The molecule has 1 amide bonds. The van der Waals surface area contributed by atoms with Crippen LogP contribution in [-0.2, 0) is 9.59 Å². The standard InChI is InChI=1S/C17H24N4O3/c22-16(23)11-13-1-7-21(8-2-13)17(24)14-3-9-20(10-4-14)15-12-18-5-6-19-15/h5-6,12-14H,1-4,7-11H2,(H,22,23). The van der Waals surface area contributed by atoms with Gasteiger partial charge in [-0.2, -0.15) is 0 Å². The van der Waals surface area contributed by atoms with E-state index < -0.39 is 5.97 Å². The maximum atomic E-state index is 12.7. The first-order valence-electron chi connectivity index (χ1n) is 8.65. The van der Waals surface area contributed by atoms with Crippen LogP contribution in [-0.4, -0.2) is 58.0 Å². The molecule has 0 radical (unpaired) electrons. The van der Waals surface area contributed by atoms with Crippen LogP contribution in [0.3, 0.4) is 0 Å². The van der Waals surface area contributed by atoms with Crippen molar-refractivity contribution >= 4 is 17.7 Å². The molecule has 0 unspecified atom stereocenters. The zero-order valence-electron chi connectivity index (χ0n) is 13.8. The zero-order chi connectivity index (χ0) is 16.9. The lowest BCUT2D eigenvalue weighted by molar-refractivity contribution is -0.139. The minimum Gasteiger partial charge on any atom is -0.481 e. The number of hydrogen-bond donors (Lipinski definition) is 1. The number of carbonyl (C=O) groups is 2. The number of likely N-dealkylation sites (tertiary alicyclic amines) is 1. The van der Waals surface area contributed by atoms with Gasteiger partial charge in [-0.05, 0) is 31.6 Å². The first-order chi connectivity index (χ1) is 11.6. The fraction of sp³-hybridized carbons (Fsp3) is 0.647. The van der Waals surface area contributed by atoms with E-state index in [0.717, 1.165) is 44.6 Å². The van der Waals surface area contributed by atoms with Crippen LogP contribution in [0.5, 0.6) is 0 Å². The van der Waals surface area contributed by atoms with E-state index in [1.807, 2.05) is 4.90 Å². The normalized spacial score (nSPS) is 20.2. The van der Waals surface area contributed by atoms with Crippen LogP contribution in [0, 0.1) is 11.8 Å². The molecular weight excluding hydrogens is 308 g/mol. The van der Waals surface area contributed by atoms with Crippen molar-refractivity contribution in [2.45, 2.75) is 32.1 Å². The third-order valence-electron chi connectivity index (χ3n) is 5.11. The highest BCUT2D eigenvalue weighted by molar-refractivity contribution is 5.79. The summed E-state index contributed by atoms with van der Waals surface area (Å²) in [5.74, 6) is 0.663. The van der Waals surface area contributed by atoms with E-state index in [-0.39, 0.29) is 24.2 Å². The Morgan fingerprint density at radius 1 is 1.08 bits per heavy atom. The Kier molecular flexibility index (Phi) is 5.27. The van der Waals surface area contributed by atoms with Gasteiger partial charge in [-0.25, -0.2) is 4.98 Å². The van der Waals surface area contributed by atoms with Gasteiger partial charge in [0, 0.05) is 50.9 Å². The van der Waals surface area contributed by atoms with Crippen molar-refractivity contribution in [3.05, 3.63) is 18.6 Å². The second-order valence-electron chi connectivity index (χ2n) is 6.69. The van der Waals surface area contributed by atoms with Gasteiger partial charge in [0.1, 0.15) is 5.82 Å². The van der Waals surface area contributed by atoms with E-state index >= 15 is 0 Å². The molecule has 3 rings (SSSR count). The van der Waals surface area contributed by atoms with E-state index in [1.165, 1.54) is 0 Å². The zero-order valence-corrected chi connectivity index (χ0v) is 13.8. The van der Waals surface area contributed by atoms with Gasteiger partial charge in [-0.1, -0.05) is 0 Å². The van der Waals surface area contributed by atoms with Crippen molar-refractivity contribution < 1.29 is 14.7 Å². The summed E-state index contributed by atoms with van der Waals surface area (Å²) in [6.45, 7) is 3.04. The summed E-state index contributed by atoms with van der Waals surface area (Å²) >= 11 is 0. The van der Waals surface area contributed by atoms with Gasteiger partial charge in [-0.15, -0.1) is 0 Å². The van der Waals surface area contributed by atoms with Crippen molar-refractivity contribution in [3.63, 3.8) is 0 Å². The van der Waals surface area contributed by atoms with Gasteiger partial charge in [0.15, 0.2) is 0 Å². The van der Waals surface area contributed by atoms with Crippen LogP contribution < -0.4 is 4.90 Å². The van der Waals surface area contributed by atoms with Gasteiger partial charge in [0.2, 0.25) is 5.91 Å². The quantitative estimate of drug-likeness (QED) is 0.897. The minimum absolute atomic E-state index is 0.0777. The van der Waals surface area contributed by atoms with Crippen molar-refractivity contribution in [3.8, 4) is 0 Å². The Balaban J connectivity index is 1.47. The average Bonchev–Trinajstić information content (AvgIpc) is 2.62. The second kappa shape index (κ2) is 7.59. The molecular formula is C17H24N4O3. The maximum absolute atomic E-state index is 12.7. The highest BCUT2D eigenvalue weighted by atomic mass is 16.4. The highest BCUT2D eigenvalue weighted by Crippen LogP contribution is 2.26. The number of nitrogens with zero attached hydrogens (tertiary/aromatic N) is 4. The molecule has 24 heavy (non-hydrogen) atoms. The summed E-state index contributed by atoms with van der Waals surface area (Å²) in [6, 6.07) is 0. The molecule has 2 saturated heterocycles.